The molecule has 1 heterocycles. The summed E-state index contributed by atoms with van der Waals surface area (Å²) in [5.74, 6) is 1.20. The number of ether oxygens (including phenoxy) is 2. The molecule has 154 valence electrons. The normalized spacial score (nSPS) is 15.4. The van der Waals surface area contributed by atoms with Crippen molar-refractivity contribution in [3.63, 3.8) is 0 Å². The van der Waals surface area contributed by atoms with Crippen LogP contribution >= 0.6 is 0 Å². The van der Waals surface area contributed by atoms with Crippen molar-refractivity contribution in [2.24, 2.45) is 0 Å². The average molecular weight is 397 g/mol. The Hall–Kier alpha value is -3.22. The van der Waals surface area contributed by atoms with Crippen molar-refractivity contribution >= 4 is 17.6 Å². The highest BCUT2D eigenvalue weighted by Gasteiger charge is 2.24. The van der Waals surface area contributed by atoms with Crippen LogP contribution in [0.1, 0.15) is 31.1 Å². The first kappa shape index (κ1) is 20.5. The number of fused-ring (bicyclic) bond motifs is 1. The molecule has 7 nitrogen and oxygen atoms in total. The standard InChI is InChI=1S/C22H27N3O4/c1-22(2,3)24-20(26)15-8-7-9-16(12-15)23-21(27)25(4)13-17-14-28-18-10-5-6-11-19(18)29-17/h5-12,17H,13-14H2,1-4H3,(H,23,27)(H,24,26). The number of nitrogens with one attached hydrogen (secondary N) is 2. The summed E-state index contributed by atoms with van der Waals surface area (Å²) in [4.78, 5) is 26.4. The predicted octanol–water partition coefficient (Wildman–Crippen LogP) is 3.52. The minimum Gasteiger partial charge on any atom is -0.486 e. The maximum absolute atomic E-state index is 12.6. The summed E-state index contributed by atoms with van der Waals surface area (Å²) in [6.07, 6.45) is -0.260. The fourth-order valence-corrected chi connectivity index (χ4v) is 2.91. The summed E-state index contributed by atoms with van der Waals surface area (Å²) in [5, 5.41) is 5.73. The molecule has 0 fully saturated rings. The molecule has 0 aliphatic carbocycles. The van der Waals surface area contributed by atoms with Gasteiger partial charge in [-0.15, -0.1) is 0 Å². The number of urea groups is 1. The van der Waals surface area contributed by atoms with Crippen LogP contribution in [0.15, 0.2) is 48.5 Å². The van der Waals surface area contributed by atoms with Gasteiger partial charge in [0.15, 0.2) is 17.6 Å². The molecule has 2 aromatic rings. The highest BCUT2D eigenvalue weighted by Crippen LogP contribution is 2.31. The maximum Gasteiger partial charge on any atom is 0.321 e. The zero-order valence-electron chi connectivity index (χ0n) is 17.2. The van der Waals surface area contributed by atoms with E-state index in [1.807, 2.05) is 45.0 Å². The second kappa shape index (κ2) is 8.43. The minimum atomic E-state index is -0.336. The molecule has 2 N–H and O–H groups in total. The van der Waals surface area contributed by atoms with E-state index in [4.69, 9.17) is 9.47 Å². The maximum atomic E-state index is 12.6. The molecule has 29 heavy (non-hydrogen) atoms. The van der Waals surface area contributed by atoms with Crippen LogP contribution in [0.5, 0.6) is 11.5 Å². The Morgan fingerprint density at radius 3 is 2.55 bits per heavy atom. The van der Waals surface area contributed by atoms with Gasteiger partial charge in [-0.3, -0.25) is 4.79 Å². The van der Waals surface area contributed by atoms with Crippen molar-refractivity contribution in [1.29, 1.82) is 0 Å². The van der Waals surface area contributed by atoms with Gasteiger partial charge in [0.05, 0.1) is 6.54 Å². The average Bonchev–Trinajstić information content (AvgIpc) is 2.66. The van der Waals surface area contributed by atoms with Gasteiger partial charge >= 0.3 is 6.03 Å². The fraction of sp³-hybridized carbons (Fsp3) is 0.364. The van der Waals surface area contributed by atoms with Crippen LogP contribution in [0.2, 0.25) is 0 Å². The molecule has 3 amide bonds. The van der Waals surface area contributed by atoms with Crippen LogP contribution in [0.25, 0.3) is 0 Å². The van der Waals surface area contributed by atoms with E-state index in [0.717, 1.165) is 0 Å². The lowest BCUT2D eigenvalue weighted by Gasteiger charge is -2.29. The Bertz CT molecular complexity index is 892. The molecule has 3 rings (SSSR count). The second-order valence-corrected chi connectivity index (χ2v) is 8.09. The number of amides is 3. The molecule has 1 atom stereocenters. The fourth-order valence-electron chi connectivity index (χ4n) is 2.91. The molecule has 7 heteroatoms. The summed E-state index contributed by atoms with van der Waals surface area (Å²) in [5.41, 5.74) is 0.701. The van der Waals surface area contributed by atoms with Crippen molar-refractivity contribution in [2.75, 3.05) is 25.5 Å². The van der Waals surface area contributed by atoms with Crippen molar-refractivity contribution < 1.29 is 19.1 Å². The van der Waals surface area contributed by atoms with Gasteiger partial charge in [0.2, 0.25) is 0 Å². The van der Waals surface area contributed by atoms with E-state index in [0.29, 0.717) is 35.9 Å². The molecule has 0 saturated carbocycles. The van der Waals surface area contributed by atoms with Crippen molar-refractivity contribution in [1.82, 2.24) is 10.2 Å². The number of hydrogen-bond donors (Lipinski definition) is 2. The third-order valence-corrected chi connectivity index (χ3v) is 4.26. The van der Waals surface area contributed by atoms with Gasteiger partial charge in [0, 0.05) is 23.8 Å². The van der Waals surface area contributed by atoms with E-state index in [2.05, 4.69) is 10.6 Å². The van der Waals surface area contributed by atoms with Crippen molar-refractivity contribution in [3.05, 3.63) is 54.1 Å². The zero-order valence-corrected chi connectivity index (χ0v) is 17.2. The predicted molar refractivity (Wildman–Crippen MR) is 112 cm³/mol. The zero-order chi connectivity index (χ0) is 21.0. The van der Waals surface area contributed by atoms with Crippen molar-refractivity contribution in [2.45, 2.75) is 32.4 Å². The molecule has 0 aromatic heterocycles. The third-order valence-electron chi connectivity index (χ3n) is 4.26. The van der Waals surface area contributed by atoms with E-state index in [1.54, 1.807) is 31.3 Å². The number of hydrogen-bond acceptors (Lipinski definition) is 4. The molecule has 0 radical (unpaired) electrons. The van der Waals surface area contributed by atoms with Crippen LogP contribution in [0, 0.1) is 0 Å². The number of rotatable bonds is 4. The van der Waals surface area contributed by atoms with Gasteiger partial charge in [-0.05, 0) is 51.1 Å². The van der Waals surface area contributed by atoms with Gasteiger partial charge in [-0.25, -0.2) is 4.79 Å². The molecule has 1 aliphatic heterocycles. The minimum absolute atomic E-state index is 0.187. The Morgan fingerprint density at radius 2 is 1.83 bits per heavy atom. The number of likely N-dealkylation sites (N-methyl/N-ethyl adjacent to an activating group) is 1. The number of benzene rings is 2. The van der Waals surface area contributed by atoms with E-state index >= 15 is 0 Å². The summed E-state index contributed by atoms with van der Waals surface area (Å²) in [6, 6.07) is 14.0. The van der Waals surface area contributed by atoms with Gasteiger partial charge in [-0.1, -0.05) is 18.2 Å². The Balaban J connectivity index is 1.57. The molecule has 0 saturated heterocycles. The van der Waals surface area contributed by atoms with Crippen LogP contribution in [-0.4, -0.2) is 48.7 Å². The van der Waals surface area contributed by atoms with Crippen molar-refractivity contribution in [3.8, 4) is 11.5 Å². The van der Waals surface area contributed by atoms with Crippen LogP contribution in [0.3, 0.4) is 0 Å². The smallest absolute Gasteiger partial charge is 0.321 e. The lowest BCUT2D eigenvalue weighted by Crippen LogP contribution is -2.43. The molecular formula is C22H27N3O4. The third kappa shape index (κ3) is 5.63. The highest BCUT2D eigenvalue weighted by molar-refractivity contribution is 5.97. The summed E-state index contributed by atoms with van der Waals surface area (Å²) < 4.78 is 11.6. The molecule has 1 aliphatic rings. The first-order chi connectivity index (χ1) is 13.7. The van der Waals surface area contributed by atoms with Gasteiger partial charge < -0.3 is 25.0 Å². The van der Waals surface area contributed by atoms with Crippen LogP contribution in [-0.2, 0) is 0 Å². The topological polar surface area (TPSA) is 79.9 Å². The first-order valence-electron chi connectivity index (χ1n) is 9.54. The summed E-state index contributed by atoms with van der Waals surface area (Å²) >= 11 is 0. The molecule has 0 spiro atoms. The van der Waals surface area contributed by atoms with Gasteiger partial charge in [0.25, 0.3) is 5.91 Å². The number of anilines is 1. The Labute approximate surface area is 171 Å². The lowest BCUT2D eigenvalue weighted by molar-refractivity contribution is 0.0731. The Morgan fingerprint density at radius 1 is 1.10 bits per heavy atom. The first-order valence-corrected chi connectivity index (χ1v) is 9.54. The second-order valence-electron chi connectivity index (χ2n) is 8.09. The number of nitrogens with zero attached hydrogens (tertiary/aromatic N) is 1. The molecule has 2 aromatic carbocycles. The van der Waals surface area contributed by atoms with E-state index in [9.17, 15) is 9.59 Å². The van der Waals surface area contributed by atoms with E-state index in [-0.39, 0.29) is 23.6 Å². The highest BCUT2D eigenvalue weighted by atomic mass is 16.6. The SMILES string of the molecule is CN(CC1COc2ccccc2O1)C(=O)Nc1cccc(C(=O)NC(C)(C)C)c1. The van der Waals surface area contributed by atoms with Gasteiger partial charge in [-0.2, -0.15) is 0 Å². The number of para-hydroxylation sites is 2. The van der Waals surface area contributed by atoms with E-state index in [1.165, 1.54) is 4.90 Å². The lowest BCUT2D eigenvalue weighted by atomic mass is 10.1. The summed E-state index contributed by atoms with van der Waals surface area (Å²) in [7, 11) is 1.69. The van der Waals surface area contributed by atoms with Gasteiger partial charge in [0.1, 0.15) is 6.61 Å². The molecule has 1 unspecified atom stereocenters. The van der Waals surface area contributed by atoms with Crippen LogP contribution < -0.4 is 20.1 Å². The van der Waals surface area contributed by atoms with Crippen LogP contribution in [0.4, 0.5) is 10.5 Å². The monoisotopic (exact) mass is 397 g/mol. The molecule has 0 bridgehead atoms. The number of carbonyl (C=O) groups excluding carboxylic acids is 2. The largest absolute Gasteiger partial charge is 0.486 e. The molecular weight excluding hydrogens is 370 g/mol. The summed E-state index contributed by atoms with van der Waals surface area (Å²) in [6.45, 7) is 6.49. The quantitative estimate of drug-likeness (QED) is 0.827. The van der Waals surface area contributed by atoms with E-state index < -0.39 is 0 Å². The number of carbonyl (C=O) groups is 2. The Kier molecular flexibility index (Phi) is 5.96.